The van der Waals surface area contributed by atoms with E-state index in [1.54, 1.807) is 0 Å². The lowest BCUT2D eigenvalue weighted by atomic mass is 9.81. The molecule has 4 atom stereocenters. The zero-order valence-electron chi connectivity index (χ0n) is 10.6. The van der Waals surface area contributed by atoms with Crippen LogP contribution in [0.3, 0.4) is 0 Å². The van der Waals surface area contributed by atoms with Crippen molar-refractivity contribution < 1.29 is 0 Å². The van der Waals surface area contributed by atoms with Gasteiger partial charge < -0.3 is 0 Å². The molecule has 4 unspecified atom stereocenters. The summed E-state index contributed by atoms with van der Waals surface area (Å²) >= 11 is 3.54. The zero-order chi connectivity index (χ0) is 12.5. The molecule has 2 bridgehead atoms. The van der Waals surface area contributed by atoms with Crippen LogP contribution in [0.25, 0.3) is 0 Å². The van der Waals surface area contributed by atoms with Gasteiger partial charge in [0.15, 0.2) is 0 Å². The van der Waals surface area contributed by atoms with E-state index in [-0.39, 0.29) is 0 Å². The highest BCUT2D eigenvalue weighted by atomic mass is 79.9. The van der Waals surface area contributed by atoms with E-state index in [1.165, 1.54) is 31.2 Å². The number of nitrogens with two attached hydrogens (primary N) is 1. The summed E-state index contributed by atoms with van der Waals surface area (Å²) in [5.74, 6) is 8.50. The van der Waals surface area contributed by atoms with Crippen LogP contribution in [-0.2, 0) is 6.42 Å². The van der Waals surface area contributed by atoms with Gasteiger partial charge in [-0.3, -0.25) is 11.3 Å². The Morgan fingerprint density at radius 1 is 1.33 bits per heavy atom. The molecule has 2 saturated carbocycles. The first-order valence-electron chi connectivity index (χ1n) is 6.97. The van der Waals surface area contributed by atoms with Gasteiger partial charge in [0.1, 0.15) is 0 Å². The summed E-state index contributed by atoms with van der Waals surface area (Å²) in [6, 6.07) is 9.02. The molecule has 0 aromatic heterocycles. The van der Waals surface area contributed by atoms with Crippen molar-refractivity contribution in [2.45, 2.75) is 38.1 Å². The molecular weight excluding hydrogens is 288 g/mol. The lowest BCUT2D eigenvalue weighted by molar-refractivity contribution is 0.248. The number of hydrogen-bond donors (Lipinski definition) is 2. The van der Waals surface area contributed by atoms with Gasteiger partial charge in [0.2, 0.25) is 0 Å². The molecule has 0 amide bonds. The molecule has 2 fully saturated rings. The van der Waals surface area contributed by atoms with Gasteiger partial charge in [-0.25, -0.2) is 0 Å². The van der Waals surface area contributed by atoms with Gasteiger partial charge in [0, 0.05) is 10.5 Å². The topological polar surface area (TPSA) is 38.0 Å². The van der Waals surface area contributed by atoms with Crippen LogP contribution in [0.4, 0.5) is 0 Å². The van der Waals surface area contributed by atoms with Gasteiger partial charge in [0.05, 0.1) is 0 Å². The molecule has 3 heteroatoms. The van der Waals surface area contributed by atoms with Crippen LogP contribution in [0.2, 0.25) is 0 Å². The van der Waals surface area contributed by atoms with E-state index < -0.39 is 0 Å². The van der Waals surface area contributed by atoms with Crippen molar-refractivity contribution in [3.8, 4) is 0 Å². The van der Waals surface area contributed by atoms with Gasteiger partial charge in [-0.15, -0.1) is 0 Å². The SMILES string of the molecule is NNC(Cc1cccc(Br)c1)C1CC2CCC1C2. The quantitative estimate of drug-likeness (QED) is 0.662. The minimum atomic E-state index is 0.439. The standard InChI is InChI=1S/C15H21BrN2/c16-13-3-1-2-10(7-13)9-15(18-17)14-8-11-4-5-12(14)6-11/h1-3,7,11-12,14-15,18H,4-6,8-9,17H2. The molecule has 0 aliphatic heterocycles. The molecule has 2 aliphatic rings. The molecular formula is C15H21BrN2. The fourth-order valence-electron chi connectivity index (χ4n) is 4.04. The number of hydrazine groups is 1. The highest BCUT2D eigenvalue weighted by Gasteiger charge is 2.42. The smallest absolute Gasteiger partial charge is 0.0281 e. The molecule has 2 nitrogen and oxygen atoms in total. The fraction of sp³-hybridized carbons (Fsp3) is 0.600. The van der Waals surface area contributed by atoms with E-state index in [9.17, 15) is 0 Å². The van der Waals surface area contributed by atoms with Gasteiger partial charge in [-0.1, -0.05) is 34.5 Å². The van der Waals surface area contributed by atoms with E-state index in [1.807, 2.05) is 0 Å². The summed E-state index contributed by atoms with van der Waals surface area (Å²) in [5, 5.41) is 0. The van der Waals surface area contributed by atoms with Crippen LogP contribution in [-0.4, -0.2) is 6.04 Å². The van der Waals surface area contributed by atoms with Crippen molar-refractivity contribution in [2.75, 3.05) is 0 Å². The maximum atomic E-state index is 5.81. The molecule has 1 aromatic carbocycles. The van der Waals surface area contributed by atoms with Crippen LogP contribution in [0, 0.1) is 17.8 Å². The van der Waals surface area contributed by atoms with E-state index in [4.69, 9.17) is 5.84 Å². The van der Waals surface area contributed by atoms with Gasteiger partial charge in [0.25, 0.3) is 0 Å². The van der Waals surface area contributed by atoms with Gasteiger partial charge >= 0.3 is 0 Å². The molecule has 3 N–H and O–H groups in total. The van der Waals surface area contributed by atoms with Crippen molar-refractivity contribution in [3.63, 3.8) is 0 Å². The third-order valence-electron chi connectivity index (χ3n) is 4.87. The van der Waals surface area contributed by atoms with Crippen LogP contribution >= 0.6 is 15.9 Å². The normalized spacial score (nSPS) is 31.8. The van der Waals surface area contributed by atoms with E-state index in [0.29, 0.717) is 6.04 Å². The maximum absolute atomic E-state index is 5.81. The predicted molar refractivity (Wildman–Crippen MR) is 77.9 cm³/mol. The predicted octanol–water partition coefficient (Wildman–Crippen LogP) is 3.26. The molecule has 3 rings (SSSR count). The highest BCUT2D eigenvalue weighted by molar-refractivity contribution is 9.10. The van der Waals surface area contributed by atoms with Crippen molar-refractivity contribution in [2.24, 2.45) is 23.6 Å². The largest absolute Gasteiger partial charge is 0.271 e. The first kappa shape index (κ1) is 12.6. The third-order valence-corrected chi connectivity index (χ3v) is 5.36. The van der Waals surface area contributed by atoms with Crippen LogP contribution < -0.4 is 11.3 Å². The van der Waals surface area contributed by atoms with Gasteiger partial charge in [-0.2, -0.15) is 0 Å². The summed E-state index contributed by atoms with van der Waals surface area (Å²) in [7, 11) is 0. The Kier molecular flexibility index (Phi) is 3.73. The monoisotopic (exact) mass is 308 g/mol. The number of rotatable bonds is 4. The first-order valence-corrected chi connectivity index (χ1v) is 7.76. The molecule has 18 heavy (non-hydrogen) atoms. The van der Waals surface area contributed by atoms with Gasteiger partial charge in [-0.05, 0) is 61.1 Å². The molecule has 98 valence electrons. The Hall–Kier alpha value is -0.380. The van der Waals surface area contributed by atoms with E-state index >= 15 is 0 Å². The second-order valence-corrected chi connectivity index (χ2v) is 6.86. The summed E-state index contributed by atoms with van der Waals surface area (Å²) in [6.07, 6.45) is 6.75. The number of fused-ring (bicyclic) bond motifs is 2. The van der Waals surface area contributed by atoms with E-state index in [0.717, 1.165) is 28.6 Å². The van der Waals surface area contributed by atoms with Crippen molar-refractivity contribution in [1.82, 2.24) is 5.43 Å². The zero-order valence-corrected chi connectivity index (χ0v) is 12.2. The minimum absolute atomic E-state index is 0.439. The maximum Gasteiger partial charge on any atom is 0.0281 e. The van der Waals surface area contributed by atoms with Crippen molar-refractivity contribution in [3.05, 3.63) is 34.3 Å². The van der Waals surface area contributed by atoms with Crippen molar-refractivity contribution >= 4 is 15.9 Å². The Morgan fingerprint density at radius 3 is 2.83 bits per heavy atom. The summed E-state index contributed by atoms with van der Waals surface area (Å²) in [4.78, 5) is 0. The second kappa shape index (κ2) is 5.32. The third kappa shape index (κ3) is 2.49. The lowest BCUT2D eigenvalue weighted by Crippen LogP contribution is -2.44. The number of halogens is 1. The first-order chi connectivity index (χ1) is 8.76. The molecule has 2 aliphatic carbocycles. The minimum Gasteiger partial charge on any atom is -0.271 e. The summed E-state index contributed by atoms with van der Waals surface area (Å²) in [6.45, 7) is 0. The molecule has 1 aromatic rings. The van der Waals surface area contributed by atoms with Crippen molar-refractivity contribution in [1.29, 1.82) is 0 Å². The van der Waals surface area contributed by atoms with Crippen LogP contribution in [0.5, 0.6) is 0 Å². The van der Waals surface area contributed by atoms with Crippen LogP contribution in [0.15, 0.2) is 28.7 Å². The second-order valence-electron chi connectivity index (χ2n) is 5.95. The molecule has 0 saturated heterocycles. The van der Waals surface area contributed by atoms with E-state index in [2.05, 4.69) is 45.6 Å². The number of hydrogen-bond acceptors (Lipinski definition) is 2. The number of nitrogens with one attached hydrogen (secondary N) is 1. The molecule has 0 heterocycles. The molecule has 0 spiro atoms. The lowest BCUT2D eigenvalue weighted by Gasteiger charge is -2.30. The Bertz CT molecular complexity index is 421. The average Bonchev–Trinajstić information content (AvgIpc) is 2.98. The Labute approximate surface area is 117 Å². The number of benzene rings is 1. The Morgan fingerprint density at radius 2 is 2.22 bits per heavy atom. The van der Waals surface area contributed by atoms with Crippen LogP contribution in [0.1, 0.15) is 31.2 Å². The molecule has 0 radical (unpaired) electrons. The highest BCUT2D eigenvalue weighted by Crippen LogP contribution is 2.49. The fourth-order valence-corrected chi connectivity index (χ4v) is 4.49. The Balaban J connectivity index is 1.69. The summed E-state index contributed by atoms with van der Waals surface area (Å²) in [5.41, 5.74) is 4.45. The summed E-state index contributed by atoms with van der Waals surface area (Å²) < 4.78 is 1.16. The average molecular weight is 309 g/mol.